The Labute approximate surface area is 92.1 Å². The van der Waals surface area contributed by atoms with Gasteiger partial charge >= 0.3 is 5.97 Å². The average molecular weight is 221 g/mol. The quantitative estimate of drug-likeness (QED) is 0.739. The molecule has 0 atom stereocenters. The second-order valence-corrected chi connectivity index (χ2v) is 2.97. The summed E-state index contributed by atoms with van der Waals surface area (Å²) in [5.41, 5.74) is 5.30. The zero-order valence-electron chi connectivity index (χ0n) is 8.64. The first kappa shape index (κ1) is 11.8. The summed E-state index contributed by atoms with van der Waals surface area (Å²) >= 11 is 0. The highest BCUT2D eigenvalue weighted by atomic mass is 16.5. The van der Waals surface area contributed by atoms with Crippen molar-refractivity contribution in [2.75, 3.05) is 7.11 Å². The maximum atomic E-state index is 11.0. The predicted octanol–water partition coefficient (Wildman–Crippen LogP) is 0.892. The molecule has 0 aliphatic rings. The summed E-state index contributed by atoms with van der Waals surface area (Å²) in [6.45, 7) is 0. The van der Waals surface area contributed by atoms with Crippen LogP contribution in [0.4, 0.5) is 0 Å². The van der Waals surface area contributed by atoms with Gasteiger partial charge in [-0.3, -0.25) is 4.79 Å². The molecule has 1 amide bonds. The molecule has 16 heavy (non-hydrogen) atoms. The van der Waals surface area contributed by atoms with Crippen molar-refractivity contribution >= 4 is 18.0 Å². The maximum Gasteiger partial charge on any atom is 0.340 e. The Morgan fingerprint density at radius 1 is 1.44 bits per heavy atom. The van der Waals surface area contributed by atoms with Gasteiger partial charge in [-0.25, -0.2) is 4.79 Å². The van der Waals surface area contributed by atoms with E-state index in [-0.39, 0.29) is 11.3 Å². The van der Waals surface area contributed by atoms with E-state index in [9.17, 15) is 9.59 Å². The van der Waals surface area contributed by atoms with Gasteiger partial charge in [-0.15, -0.1) is 0 Å². The zero-order valence-corrected chi connectivity index (χ0v) is 8.64. The Kier molecular flexibility index (Phi) is 3.66. The molecule has 5 nitrogen and oxygen atoms in total. The molecule has 0 aromatic heterocycles. The van der Waals surface area contributed by atoms with Crippen LogP contribution in [0.25, 0.3) is 6.08 Å². The Bertz CT molecular complexity index is 451. The third-order valence-electron chi connectivity index (χ3n) is 1.92. The fourth-order valence-corrected chi connectivity index (χ4v) is 1.26. The molecule has 0 aliphatic carbocycles. The van der Waals surface area contributed by atoms with Crippen LogP contribution in [0.1, 0.15) is 15.9 Å². The van der Waals surface area contributed by atoms with E-state index < -0.39 is 11.9 Å². The van der Waals surface area contributed by atoms with E-state index in [1.54, 1.807) is 12.1 Å². The molecule has 1 aromatic carbocycles. The lowest BCUT2D eigenvalue weighted by Crippen LogP contribution is -2.06. The minimum atomic E-state index is -1.12. The Morgan fingerprint density at radius 3 is 2.62 bits per heavy atom. The normalized spacial score (nSPS) is 10.3. The van der Waals surface area contributed by atoms with E-state index >= 15 is 0 Å². The molecule has 3 N–H and O–H groups in total. The number of benzene rings is 1. The smallest absolute Gasteiger partial charge is 0.340 e. The first-order valence-electron chi connectivity index (χ1n) is 4.44. The number of carbonyl (C=O) groups excluding carboxylic acids is 1. The number of nitrogens with two attached hydrogens (primary N) is 1. The number of primary amides is 1. The highest BCUT2D eigenvalue weighted by Gasteiger charge is 2.14. The number of hydrogen-bond donors (Lipinski definition) is 2. The molecule has 0 unspecified atom stereocenters. The van der Waals surface area contributed by atoms with Crippen molar-refractivity contribution in [1.29, 1.82) is 0 Å². The fourth-order valence-electron chi connectivity index (χ4n) is 1.26. The van der Waals surface area contributed by atoms with Crippen LogP contribution < -0.4 is 10.5 Å². The van der Waals surface area contributed by atoms with Crippen LogP contribution in [-0.2, 0) is 4.79 Å². The fraction of sp³-hybridized carbons (Fsp3) is 0.0909. The van der Waals surface area contributed by atoms with Gasteiger partial charge in [0.15, 0.2) is 0 Å². The lowest BCUT2D eigenvalue weighted by Gasteiger charge is -2.07. The molecule has 0 aliphatic heterocycles. The molecule has 0 bridgehead atoms. The Hall–Kier alpha value is -2.30. The number of carboxylic acid groups (broad SMARTS) is 1. The minimum absolute atomic E-state index is 0.00231. The maximum absolute atomic E-state index is 11.0. The van der Waals surface area contributed by atoms with Gasteiger partial charge in [0.25, 0.3) is 0 Å². The third kappa shape index (κ3) is 2.60. The van der Waals surface area contributed by atoms with Crippen LogP contribution in [0, 0.1) is 0 Å². The van der Waals surface area contributed by atoms with Crippen LogP contribution in [0.5, 0.6) is 5.75 Å². The minimum Gasteiger partial charge on any atom is -0.496 e. The highest BCUT2D eigenvalue weighted by molar-refractivity contribution is 5.97. The molecule has 0 saturated carbocycles. The molecule has 0 heterocycles. The lowest BCUT2D eigenvalue weighted by molar-refractivity contribution is -0.113. The SMILES string of the molecule is COc1cccc(C=CC(N)=O)c1C(=O)O. The van der Waals surface area contributed by atoms with Crippen molar-refractivity contribution in [2.45, 2.75) is 0 Å². The van der Waals surface area contributed by atoms with E-state index in [1.165, 1.54) is 19.3 Å². The number of hydrogen-bond acceptors (Lipinski definition) is 3. The number of methoxy groups -OCH3 is 1. The zero-order chi connectivity index (χ0) is 12.1. The number of ether oxygens (including phenoxy) is 1. The third-order valence-corrected chi connectivity index (χ3v) is 1.92. The van der Waals surface area contributed by atoms with E-state index in [0.717, 1.165) is 6.08 Å². The highest BCUT2D eigenvalue weighted by Crippen LogP contribution is 2.23. The van der Waals surface area contributed by atoms with Gasteiger partial charge in [0.1, 0.15) is 11.3 Å². The van der Waals surface area contributed by atoms with E-state index in [0.29, 0.717) is 5.56 Å². The molecule has 0 fully saturated rings. The van der Waals surface area contributed by atoms with Crippen molar-refractivity contribution < 1.29 is 19.4 Å². The average Bonchev–Trinajstić information content (AvgIpc) is 2.25. The summed E-state index contributed by atoms with van der Waals surface area (Å²) in [5.74, 6) is -1.53. The topological polar surface area (TPSA) is 89.6 Å². The lowest BCUT2D eigenvalue weighted by atomic mass is 10.1. The van der Waals surface area contributed by atoms with Gasteiger partial charge in [0.2, 0.25) is 5.91 Å². The van der Waals surface area contributed by atoms with Crippen molar-refractivity contribution in [1.82, 2.24) is 0 Å². The summed E-state index contributed by atoms with van der Waals surface area (Å²) in [7, 11) is 1.38. The number of amides is 1. The van der Waals surface area contributed by atoms with Gasteiger partial charge in [0.05, 0.1) is 7.11 Å². The van der Waals surface area contributed by atoms with E-state index in [1.807, 2.05) is 0 Å². The van der Waals surface area contributed by atoms with Gasteiger partial charge in [0, 0.05) is 6.08 Å². The molecule has 0 spiro atoms. The number of rotatable bonds is 4. The van der Waals surface area contributed by atoms with Gasteiger partial charge < -0.3 is 15.6 Å². The van der Waals surface area contributed by atoms with E-state index in [4.69, 9.17) is 15.6 Å². The first-order valence-corrected chi connectivity index (χ1v) is 4.44. The van der Waals surface area contributed by atoms with Crippen molar-refractivity contribution in [2.24, 2.45) is 5.73 Å². The molecular formula is C11H11NO4. The standard InChI is InChI=1S/C11H11NO4/c1-16-8-4-2-3-7(5-6-9(12)13)10(8)11(14)15/h2-6H,1H3,(H2,12,13)(H,14,15). The van der Waals surface area contributed by atoms with Gasteiger partial charge in [-0.1, -0.05) is 12.1 Å². The molecular weight excluding hydrogens is 210 g/mol. The largest absolute Gasteiger partial charge is 0.496 e. The van der Waals surface area contributed by atoms with Crippen molar-refractivity contribution in [3.63, 3.8) is 0 Å². The van der Waals surface area contributed by atoms with Crippen LogP contribution in [0.3, 0.4) is 0 Å². The second kappa shape index (κ2) is 4.97. The molecule has 0 radical (unpaired) electrons. The molecule has 5 heteroatoms. The van der Waals surface area contributed by atoms with Crippen LogP contribution in [-0.4, -0.2) is 24.1 Å². The number of aromatic carboxylic acids is 1. The monoisotopic (exact) mass is 221 g/mol. The van der Waals surface area contributed by atoms with Crippen molar-refractivity contribution in [3.05, 3.63) is 35.4 Å². The summed E-state index contributed by atoms with van der Waals surface area (Å²) in [4.78, 5) is 21.6. The van der Waals surface area contributed by atoms with E-state index in [2.05, 4.69) is 0 Å². The summed E-state index contributed by atoms with van der Waals surface area (Å²) in [6.07, 6.45) is 2.44. The van der Waals surface area contributed by atoms with Gasteiger partial charge in [-0.2, -0.15) is 0 Å². The molecule has 1 aromatic rings. The van der Waals surface area contributed by atoms with Crippen LogP contribution in [0.2, 0.25) is 0 Å². The Balaban J connectivity index is 3.27. The predicted molar refractivity (Wildman–Crippen MR) is 58.2 cm³/mol. The summed E-state index contributed by atoms with van der Waals surface area (Å²) in [6, 6.07) is 4.72. The molecule has 84 valence electrons. The number of carbonyl (C=O) groups is 2. The second-order valence-electron chi connectivity index (χ2n) is 2.97. The molecule has 0 saturated heterocycles. The number of carboxylic acids is 1. The van der Waals surface area contributed by atoms with Gasteiger partial charge in [-0.05, 0) is 17.7 Å². The first-order chi connectivity index (χ1) is 7.56. The Morgan fingerprint density at radius 2 is 2.12 bits per heavy atom. The van der Waals surface area contributed by atoms with Crippen LogP contribution >= 0.6 is 0 Å². The summed E-state index contributed by atoms with van der Waals surface area (Å²) < 4.78 is 4.92. The summed E-state index contributed by atoms with van der Waals surface area (Å²) in [5, 5.41) is 9.01. The molecule has 1 rings (SSSR count). The van der Waals surface area contributed by atoms with Crippen molar-refractivity contribution in [3.8, 4) is 5.75 Å². The van der Waals surface area contributed by atoms with Crippen LogP contribution in [0.15, 0.2) is 24.3 Å².